The molecule has 1 aromatic heterocycles. The van der Waals surface area contributed by atoms with Gasteiger partial charge in [0.1, 0.15) is 0 Å². The minimum Gasteiger partial charge on any atom is -0.269 e. The minimum absolute atomic E-state index is 0.649. The largest absolute Gasteiger partial charge is 0.269 e. The molecule has 0 spiro atoms. The summed E-state index contributed by atoms with van der Waals surface area (Å²) in [7, 11) is 0. The lowest BCUT2D eigenvalue weighted by atomic mass is 10.4. The molecule has 0 bridgehead atoms. The highest BCUT2D eigenvalue weighted by Crippen LogP contribution is 2.04. The first kappa shape index (κ1) is 8.04. The second-order valence-electron chi connectivity index (χ2n) is 2.44. The Morgan fingerprint density at radius 1 is 1.80 bits per heavy atom. The van der Waals surface area contributed by atoms with Crippen LogP contribution < -0.4 is 0 Å². The van der Waals surface area contributed by atoms with Gasteiger partial charge in [0.25, 0.3) is 0 Å². The van der Waals surface area contributed by atoms with Crippen LogP contribution in [0.2, 0.25) is 0 Å². The van der Waals surface area contributed by atoms with Crippen LogP contribution in [-0.2, 0) is 6.54 Å². The first-order valence-electron chi connectivity index (χ1n) is 3.32. The zero-order valence-corrected chi connectivity index (χ0v) is 8.37. The number of alkyl halides is 1. The van der Waals surface area contributed by atoms with E-state index in [4.69, 9.17) is 0 Å². The molecule has 0 aliphatic carbocycles. The van der Waals surface area contributed by atoms with E-state index >= 15 is 0 Å². The molecule has 0 fully saturated rings. The van der Waals surface area contributed by atoms with E-state index in [1.54, 1.807) is 0 Å². The van der Waals surface area contributed by atoms with Gasteiger partial charge in [-0.2, -0.15) is 5.10 Å². The molecule has 0 amide bonds. The zero-order valence-electron chi connectivity index (χ0n) is 6.21. The average Bonchev–Trinajstić information content (AvgIpc) is 2.15. The Morgan fingerprint density at radius 3 is 2.90 bits per heavy atom. The number of aryl methyl sites for hydroxylation is 1. The molecule has 1 atom stereocenters. The van der Waals surface area contributed by atoms with Crippen molar-refractivity contribution in [3.05, 3.63) is 18.0 Å². The smallest absolute Gasteiger partial charge is 0.0527 e. The summed E-state index contributed by atoms with van der Waals surface area (Å²) in [5.74, 6) is 0. The molecule has 1 heterocycles. The van der Waals surface area contributed by atoms with Crippen molar-refractivity contribution in [1.29, 1.82) is 0 Å². The topological polar surface area (TPSA) is 17.8 Å². The number of rotatable bonds is 2. The molecule has 0 saturated heterocycles. The van der Waals surface area contributed by atoms with Gasteiger partial charge in [-0.15, -0.1) is 0 Å². The van der Waals surface area contributed by atoms with E-state index in [-0.39, 0.29) is 0 Å². The molecule has 1 unspecified atom stereocenters. The van der Waals surface area contributed by atoms with Crippen molar-refractivity contribution in [2.24, 2.45) is 0 Å². The minimum atomic E-state index is 0.649. The lowest BCUT2D eigenvalue weighted by Crippen LogP contribution is -2.08. The molecular formula is C7H11IN2. The van der Waals surface area contributed by atoms with Crippen LogP contribution in [0.4, 0.5) is 0 Å². The van der Waals surface area contributed by atoms with E-state index in [9.17, 15) is 0 Å². The zero-order chi connectivity index (χ0) is 7.56. The van der Waals surface area contributed by atoms with E-state index in [1.807, 2.05) is 16.9 Å². The maximum atomic E-state index is 4.17. The standard InChI is InChI=1S/C7H11IN2/c1-6(8)5-10-7(2)3-4-9-10/h3-4,6H,5H2,1-2H3. The number of aromatic nitrogens is 2. The van der Waals surface area contributed by atoms with Gasteiger partial charge in [0.2, 0.25) is 0 Å². The van der Waals surface area contributed by atoms with Gasteiger partial charge in [-0.25, -0.2) is 0 Å². The Labute approximate surface area is 74.8 Å². The fraction of sp³-hybridized carbons (Fsp3) is 0.571. The molecule has 0 saturated carbocycles. The average molecular weight is 250 g/mol. The Hall–Kier alpha value is -0.0600. The number of hydrogen-bond acceptors (Lipinski definition) is 1. The highest BCUT2D eigenvalue weighted by Gasteiger charge is 1.99. The van der Waals surface area contributed by atoms with Crippen LogP contribution >= 0.6 is 22.6 Å². The summed E-state index contributed by atoms with van der Waals surface area (Å²) in [6.07, 6.45) is 1.84. The molecule has 2 nitrogen and oxygen atoms in total. The summed E-state index contributed by atoms with van der Waals surface area (Å²) in [6, 6.07) is 2.03. The second-order valence-corrected chi connectivity index (χ2v) is 4.56. The Balaban J connectivity index is 2.65. The van der Waals surface area contributed by atoms with Crippen molar-refractivity contribution in [3.63, 3.8) is 0 Å². The molecule has 1 aromatic rings. The van der Waals surface area contributed by atoms with E-state index in [2.05, 4.69) is 41.5 Å². The molecule has 0 aliphatic rings. The summed E-state index contributed by atoms with van der Waals surface area (Å²) in [4.78, 5) is 0. The van der Waals surface area contributed by atoms with Gasteiger partial charge in [0.15, 0.2) is 0 Å². The fourth-order valence-electron chi connectivity index (χ4n) is 0.828. The molecule has 1 rings (SSSR count). The maximum absolute atomic E-state index is 4.17. The lowest BCUT2D eigenvalue weighted by molar-refractivity contribution is 0.606. The van der Waals surface area contributed by atoms with Gasteiger partial charge in [-0.1, -0.05) is 29.5 Å². The lowest BCUT2D eigenvalue weighted by Gasteiger charge is -2.04. The van der Waals surface area contributed by atoms with Gasteiger partial charge >= 0.3 is 0 Å². The van der Waals surface area contributed by atoms with E-state index in [0.29, 0.717) is 3.92 Å². The molecule has 0 N–H and O–H groups in total. The van der Waals surface area contributed by atoms with Crippen molar-refractivity contribution >= 4 is 22.6 Å². The highest BCUT2D eigenvalue weighted by atomic mass is 127. The van der Waals surface area contributed by atoms with Crippen LogP contribution in [0.15, 0.2) is 12.3 Å². The van der Waals surface area contributed by atoms with Gasteiger partial charge in [0, 0.05) is 15.8 Å². The van der Waals surface area contributed by atoms with Gasteiger partial charge < -0.3 is 0 Å². The molecule has 10 heavy (non-hydrogen) atoms. The molecule has 0 aliphatic heterocycles. The van der Waals surface area contributed by atoms with Gasteiger partial charge in [-0.05, 0) is 13.0 Å². The van der Waals surface area contributed by atoms with E-state index < -0.39 is 0 Å². The van der Waals surface area contributed by atoms with Gasteiger partial charge in [0.05, 0.1) is 6.54 Å². The monoisotopic (exact) mass is 250 g/mol. The van der Waals surface area contributed by atoms with Crippen LogP contribution in [0, 0.1) is 6.92 Å². The molecule has 0 radical (unpaired) electrons. The Kier molecular flexibility index (Phi) is 2.71. The number of nitrogens with zero attached hydrogens (tertiary/aromatic N) is 2. The SMILES string of the molecule is Cc1ccnn1CC(C)I. The number of hydrogen-bond donors (Lipinski definition) is 0. The second kappa shape index (κ2) is 3.37. The number of halogens is 1. The van der Waals surface area contributed by atoms with E-state index in [0.717, 1.165) is 6.54 Å². The Morgan fingerprint density at radius 2 is 2.50 bits per heavy atom. The molecule has 0 aromatic carbocycles. The van der Waals surface area contributed by atoms with Gasteiger partial charge in [-0.3, -0.25) is 4.68 Å². The van der Waals surface area contributed by atoms with Crippen molar-refractivity contribution in [2.75, 3.05) is 0 Å². The van der Waals surface area contributed by atoms with Crippen molar-refractivity contribution < 1.29 is 0 Å². The van der Waals surface area contributed by atoms with E-state index in [1.165, 1.54) is 5.69 Å². The third-order valence-electron chi connectivity index (χ3n) is 1.35. The van der Waals surface area contributed by atoms with Crippen molar-refractivity contribution in [1.82, 2.24) is 9.78 Å². The van der Waals surface area contributed by atoms with Crippen molar-refractivity contribution in [2.45, 2.75) is 24.3 Å². The van der Waals surface area contributed by atoms with Crippen LogP contribution in [0.3, 0.4) is 0 Å². The third-order valence-corrected chi connectivity index (χ3v) is 1.75. The summed E-state index contributed by atoms with van der Waals surface area (Å²) in [5, 5.41) is 4.17. The van der Waals surface area contributed by atoms with Crippen LogP contribution in [0.25, 0.3) is 0 Å². The third kappa shape index (κ3) is 1.97. The summed E-state index contributed by atoms with van der Waals surface area (Å²) >= 11 is 2.40. The molecule has 3 heteroatoms. The summed E-state index contributed by atoms with van der Waals surface area (Å²) in [5.41, 5.74) is 1.24. The fourth-order valence-corrected chi connectivity index (χ4v) is 1.20. The predicted octanol–water partition coefficient (Wildman–Crippen LogP) is 2.02. The van der Waals surface area contributed by atoms with Crippen LogP contribution in [0.1, 0.15) is 12.6 Å². The highest BCUT2D eigenvalue weighted by molar-refractivity contribution is 14.1. The van der Waals surface area contributed by atoms with Crippen molar-refractivity contribution in [3.8, 4) is 0 Å². The normalized spacial score (nSPS) is 13.5. The molecular weight excluding hydrogens is 239 g/mol. The van der Waals surface area contributed by atoms with Crippen LogP contribution in [0.5, 0.6) is 0 Å². The first-order chi connectivity index (χ1) is 4.70. The quantitative estimate of drug-likeness (QED) is 0.580. The van der Waals surface area contributed by atoms with Crippen LogP contribution in [-0.4, -0.2) is 13.7 Å². The Bertz CT molecular complexity index is 205. The summed E-state index contributed by atoms with van der Waals surface area (Å²) in [6.45, 7) is 5.27. The summed E-state index contributed by atoms with van der Waals surface area (Å²) < 4.78 is 2.67. The maximum Gasteiger partial charge on any atom is 0.0527 e. The predicted molar refractivity (Wildman–Crippen MR) is 50.4 cm³/mol. The first-order valence-corrected chi connectivity index (χ1v) is 4.57. The molecule has 56 valence electrons.